The Morgan fingerprint density at radius 2 is 1.69 bits per heavy atom. The third-order valence-electron chi connectivity index (χ3n) is 4.49. The zero-order chi connectivity index (χ0) is 19.3. The van der Waals surface area contributed by atoms with Crippen LogP contribution in [0.2, 0.25) is 0 Å². The van der Waals surface area contributed by atoms with Crippen LogP contribution >= 0.6 is 0 Å². The highest BCUT2D eigenvalue weighted by molar-refractivity contribution is 7.89. The molecule has 2 rings (SSSR count). The van der Waals surface area contributed by atoms with Crippen LogP contribution in [0.1, 0.15) is 38.7 Å². The summed E-state index contributed by atoms with van der Waals surface area (Å²) in [5.41, 5.74) is 0.632. The van der Waals surface area contributed by atoms with Gasteiger partial charge in [-0.25, -0.2) is 13.2 Å². The molecule has 1 aliphatic rings. The van der Waals surface area contributed by atoms with Crippen molar-refractivity contribution in [2.75, 3.05) is 13.1 Å². The fraction of sp³-hybridized carbons (Fsp3) is 0.556. The zero-order valence-electron chi connectivity index (χ0n) is 15.1. The van der Waals surface area contributed by atoms with Gasteiger partial charge in [0.05, 0.1) is 11.3 Å². The summed E-state index contributed by atoms with van der Waals surface area (Å²) in [6, 6.07) is 5.26. The van der Waals surface area contributed by atoms with Gasteiger partial charge in [0.15, 0.2) is 0 Å². The summed E-state index contributed by atoms with van der Waals surface area (Å²) >= 11 is 0. The van der Waals surface area contributed by atoms with E-state index >= 15 is 0 Å². The third-order valence-corrected chi connectivity index (χ3v) is 6.40. The molecule has 0 spiro atoms. The van der Waals surface area contributed by atoms with Gasteiger partial charge in [-0.1, -0.05) is 32.4 Å². The van der Waals surface area contributed by atoms with E-state index in [1.807, 2.05) is 0 Å². The molecule has 1 aromatic carbocycles. The number of carboxylic acids is 1. The number of hydrogen-bond donors (Lipinski definition) is 2. The lowest BCUT2D eigenvalue weighted by atomic mass is 10.0. The Hall–Kier alpha value is -1.93. The monoisotopic (exact) mass is 382 g/mol. The van der Waals surface area contributed by atoms with E-state index in [9.17, 15) is 18.0 Å². The quantitative estimate of drug-likeness (QED) is 0.746. The minimum absolute atomic E-state index is 0.000538. The Labute approximate surface area is 154 Å². The van der Waals surface area contributed by atoms with Crippen LogP contribution in [-0.4, -0.2) is 48.8 Å². The number of rotatable bonds is 7. The van der Waals surface area contributed by atoms with Crippen molar-refractivity contribution < 1.29 is 23.1 Å². The second-order valence-electron chi connectivity index (χ2n) is 6.91. The van der Waals surface area contributed by atoms with Gasteiger partial charge in [-0.15, -0.1) is 0 Å². The largest absolute Gasteiger partial charge is 0.480 e. The van der Waals surface area contributed by atoms with Gasteiger partial charge in [0.25, 0.3) is 0 Å². The maximum Gasteiger partial charge on any atom is 0.326 e. The van der Waals surface area contributed by atoms with Crippen LogP contribution in [-0.2, 0) is 26.0 Å². The van der Waals surface area contributed by atoms with Crippen LogP contribution < -0.4 is 5.32 Å². The van der Waals surface area contributed by atoms with Crippen molar-refractivity contribution >= 4 is 21.9 Å². The number of benzene rings is 1. The highest BCUT2D eigenvalue weighted by Gasteiger charge is 2.26. The first kappa shape index (κ1) is 20.4. The molecule has 0 aliphatic carbocycles. The van der Waals surface area contributed by atoms with Gasteiger partial charge in [0.1, 0.15) is 6.04 Å². The third kappa shape index (κ3) is 5.04. The number of nitrogens with one attached hydrogen (secondary N) is 1. The molecule has 0 radical (unpaired) electrons. The second kappa shape index (κ2) is 8.64. The lowest BCUT2D eigenvalue weighted by Gasteiger charge is -2.25. The van der Waals surface area contributed by atoms with Crippen LogP contribution in [0.5, 0.6) is 0 Å². The van der Waals surface area contributed by atoms with Gasteiger partial charge in [0.2, 0.25) is 15.9 Å². The van der Waals surface area contributed by atoms with Gasteiger partial charge in [-0.2, -0.15) is 4.31 Å². The van der Waals surface area contributed by atoms with E-state index in [0.29, 0.717) is 18.7 Å². The fourth-order valence-corrected chi connectivity index (χ4v) is 4.47. The number of sulfonamides is 1. The number of carbonyl (C=O) groups excluding carboxylic acids is 1. The van der Waals surface area contributed by atoms with Crippen molar-refractivity contribution in [1.82, 2.24) is 9.62 Å². The zero-order valence-corrected chi connectivity index (χ0v) is 16.0. The molecule has 8 heteroatoms. The summed E-state index contributed by atoms with van der Waals surface area (Å²) in [5.74, 6) is -1.71. The predicted molar refractivity (Wildman–Crippen MR) is 97.2 cm³/mol. The van der Waals surface area contributed by atoms with E-state index in [1.54, 1.807) is 26.0 Å². The summed E-state index contributed by atoms with van der Waals surface area (Å²) in [6.45, 7) is 4.52. The molecule has 1 saturated heterocycles. The molecule has 144 valence electrons. The summed E-state index contributed by atoms with van der Waals surface area (Å²) in [5, 5.41) is 11.6. The Bertz CT molecular complexity index is 737. The number of nitrogens with zero attached hydrogens (tertiary/aromatic N) is 1. The first-order valence-corrected chi connectivity index (χ1v) is 10.3. The standard InChI is InChI=1S/C18H26N2O5S/c1-13(2)17(18(22)23)19-16(21)12-14-6-8-15(9-7-14)26(24,25)20-10-4-3-5-11-20/h6-9,13,17H,3-5,10-12H2,1-2H3,(H,19,21)(H,22,23). The molecule has 1 fully saturated rings. The van der Waals surface area contributed by atoms with Gasteiger partial charge in [-0.05, 0) is 36.5 Å². The summed E-state index contributed by atoms with van der Waals surface area (Å²) < 4.78 is 26.7. The van der Waals surface area contributed by atoms with E-state index in [2.05, 4.69) is 5.32 Å². The maximum atomic E-state index is 12.6. The van der Waals surface area contributed by atoms with E-state index < -0.39 is 27.9 Å². The summed E-state index contributed by atoms with van der Waals surface area (Å²) in [7, 11) is -3.49. The predicted octanol–water partition coefficient (Wildman–Crippen LogP) is 1.63. The molecule has 0 saturated carbocycles. The molecule has 1 unspecified atom stereocenters. The average Bonchev–Trinajstić information content (AvgIpc) is 2.60. The first-order valence-electron chi connectivity index (χ1n) is 8.83. The molecule has 26 heavy (non-hydrogen) atoms. The normalized spacial score (nSPS) is 17.0. The molecule has 7 nitrogen and oxygen atoms in total. The van der Waals surface area contributed by atoms with Crippen molar-refractivity contribution in [3.63, 3.8) is 0 Å². The molecule has 1 aromatic rings. The molecule has 2 N–H and O–H groups in total. The Morgan fingerprint density at radius 3 is 2.19 bits per heavy atom. The van der Waals surface area contributed by atoms with Crippen LogP contribution in [0.25, 0.3) is 0 Å². The smallest absolute Gasteiger partial charge is 0.326 e. The van der Waals surface area contributed by atoms with Gasteiger partial charge >= 0.3 is 5.97 Å². The van der Waals surface area contributed by atoms with Gasteiger partial charge in [0, 0.05) is 13.1 Å². The van der Waals surface area contributed by atoms with E-state index in [0.717, 1.165) is 19.3 Å². The van der Waals surface area contributed by atoms with E-state index in [-0.39, 0.29) is 17.2 Å². The average molecular weight is 382 g/mol. The van der Waals surface area contributed by atoms with Crippen LogP contribution in [0.15, 0.2) is 29.2 Å². The lowest BCUT2D eigenvalue weighted by molar-refractivity contribution is -0.143. The molecule has 1 aliphatic heterocycles. The van der Waals surface area contributed by atoms with Crippen molar-refractivity contribution in [3.05, 3.63) is 29.8 Å². The van der Waals surface area contributed by atoms with Crippen molar-refractivity contribution in [2.45, 2.75) is 50.5 Å². The molecular weight excluding hydrogens is 356 g/mol. The highest BCUT2D eigenvalue weighted by atomic mass is 32.2. The number of amides is 1. The summed E-state index contributed by atoms with van der Waals surface area (Å²) in [6.07, 6.45) is 2.80. The molecule has 0 bridgehead atoms. The topological polar surface area (TPSA) is 104 Å². The van der Waals surface area contributed by atoms with Crippen molar-refractivity contribution in [3.8, 4) is 0 Å². The minimum Gasteiger partial charge on any atom is -0.480 e. The Morgan fingerprint density at radius 1 is 1.12 bits per heavy atom. The van der Waals surface area contributed by atoms with E-state index in [1.165, 1.54) is 16.4 Å². The maximum absolute atomic E-state index is 12.6. The molecule has 1 heterocycles. The van der Waals surface area contributed by atoms with Crippen LogP contribution in [0.3, 0.4) is 0 Å². The SMILES string of the molecule is CC(C)C(NC(=O)Cc1ccc(S(=O)(=O)N2CCCCC2)cc1)C(=O)O. The summed E-state index contributed by atoms with van der Waals surface area (Å²) in [4.78, 5) is 23.4. The van der Waals surface area contributed by atoms with Gasteiger partial charge in [-0.3, -0.25) is 4.79 Å². The molecule has 1 amide bonds. The number of carboxylic acid groups (broad SMARTS) is 1. The van der Waals surface area contributed by atoms with E-state index in [4.69, 9.17) is 5.11 Å². The molecule has 1 atom stereocenters. The number of carbonyl (C=O) groups is 2. The van der Waals surface area contributed by atoms with Crippen molar-refractivity contribution in [1.29, 1.82) is 0 Å². The first-order chi connectivity index (χ1) is 12.2. The molecule has 0 aromatic heterocycles. The fourth-order valence-electron chi connectivity index (χ4n) is 2.96. The highest BCUT2D eigenvalue weighted by Crippen LogP contribution is 2.21. The van der Waals surface area contributed by atoms with Gasteiger partial charge < -0.3 is 10.4 Å². The number of hydrogen-bond acceptors (Lipinski definition) is 4. The number of aliphatic carboxylic acids is 1. The Balaban J connectivity index is 2.03. The van der Waals surface area contributed by atoms with Crippen molar-refractivity contribution in [2.24, 2.45) is 5.92 Å². The molecular formula is C18H26N2O5S. The minimum atomic E-state index is -3.49. The van der Waals surface area contributed by atoms with Crippen LogP contribution in [0.4, 0.5) is 0 Å². The van der Waals surface area contributed by atoms with Crippen LogP contribution in [0, 0.1) is 5.92 Å². The number of piperidine rings is 1. The second-order valence-corrected chi connectivity index (χ2v) is 8.85. The lowest BCUT2D eigenvalue weighted by Crippen LogP contribution is -2.44. The Kier molecular flexibility index (Phi) is 6.77.